The van der Waals surface area contributed by atoms with Crippen LogP contribution in [0.1, 0.15) is 30.6 Å². The van der Waals surface area contributed by atoms with E-state index >= 15 is 0 Å². The van der Waals surface area contributed by atoms with Crippen molar-refractivity contribution in [3.05, 3.63) is 53.6 Å². The highest BCUT2D eigenvalue weighted by atomic mass is 16.5. The van der Waals surface area contributed by atoms with Gasteiger partial charge in [-0.15, -0.1) is 0 Å². The van der Waals surface area contributed by atoms with Crippen LogP contribution < -0.4 is 14.2 Å². The van der Waals surface area contributed by atoms with Crippen molar-refractivity contribution in [1.82, 2.24) is 0 Å². The molecule has 7 nitrogen and oxygen atoms in total. The van der Waals surface area contributed by atoms with Crippen molar-refractivity contribution in [1.29, 1.82) is 0 Å². The van der Waals surface area contributed by atoms with Crippen molar-refractivity contribution < 1.29 is 34.0 Å². The zero-order chi connectivity index (χ0) is 21.9. The number of carbonyl (C=O) groups excluding carboxylic acids is 1. The van der Waals surface area contributed by atoms with E-state index in [0.717, 1.165) is 12.0 Å². The van der Waals surface area contributed by atoms with E-state index in [4.69, 9.17) is 18.9 Å². The van der Waals surface area contributed by atoms with Crippen molar-refractivity contribution in [2.24, 2.45) is 0 Å². The van der Waals surface area contributed by atoms with Gasteiger partial charge in [-0.2, -0.15) is 0 Å². The molecule has 0 amide bonds. The number of aromatic hydroxyl groups is 1. The van der Waals surface area contributed by atoms with Crippen LogP contribution in [0.3, 0.4) is 0 Å². The Kier molecular flexibility index (Phi) is 9.18. The van der Waals surface area contributed by atoms with Crippen LogP contribution >= 0.6 is 0 Å². The summed E-state index contributed by atoms with van der Waals surface area (Å²) < 4.78 is 21.6. The Bertz CT molecular complexity index is 847. The maximum absolute atomic E-state index is 11.6. The number of hydrogen-bond acceptors (Lipinski definition) is 7. The highest BCUT2D eigenvalue weighted by Gasteiger charge is 2.24. The molecule has 7 heteroatoms. The fraction of sp³-hybridized carbons (Fsp3) is 0.348. The summed E-state index contributed by atoms with van der Waals surface area (Å²) in [5, 5.41) is 20.3. The van der Waals surface area contributed by atoms with E-state index in [1.54, 1.807) is 12.1 Å². The first-order valence-corrected chi connectivity index (χ1v) is 9.63. The summed E-state index contributed by atoms with van der Waals surface area (Å²) in [5.41, 5.74) is 1.25. The average molecular weight is 416 g/mol. The molecule has 2 unspecified atom stereocenters. The van der Waals surface area contributed by atoms with E-state index in [1.807, 2.05) is 18.2 Å². The van der Waals surface area contributed by atoms with Crippen LogP contribution in [0.4, 0.5) is 0 Å². The second-order valence-electron chi connectivity index (χ2n) is 6.48. The molecule has 0 radical (unpaired) electrons. The lowest BCUT2D eigenvalue weighted by atomic mass is 10.0. The van der Waals surface area contributed by atoms with Gasteiger partial charge in [0.1, 0.15) is 6.10 Å². The zero-order valence-electron chi connectivity index (χ0n) is 17.4. The first-order valence-electron chi connectivity index (χ1n) is 9.63. The lowest BCUT2D eigenvalue weighted by Crippen LogP contribution is -2.27. The number of aliphatic hydroxyl groups excluding tert-OH is 1. The van der Waals surface area contributed by atoms with E-state index in [0.29, 0.717) is 36.6 Å². The number of ether oxygens (including phenoxy) is 4. The molecule has 0 bridgehead atoms. The number of benzene rings is 2. The Hall–Kier alpha value is -3.03. The summed E-state index contributed by atoms with van der Waals surface area (Å²) >= 11 is 0. The average Bonchev–Trinajstić information content (AvgIpc) is 2.77. The van der Waals surface area contributed by atoms with E-state index in [-0.39, 0.29) is 11.5 Å². The number of methoxy groups -OCH3 is 2. The van der Waals surface area contributed by atoms with Gasteiger partial charge in [0.2, 0.25) is 0 Å². The number of phenolic OH excluding ortho intramolecular Hbond substituents is 1. The van der Waals surface area contributed by atoms with Crippen molar-refractivity contribution in [3.8, 4) is 23.0 Å². The Morgan fingerprint density at radius 2 is 1.80 bits per heavy atom. The van der Waals surface area contributed by atoms with Crippen LogP contribution in [0.15, 0.2) is 42.5 Å². The minimum Gasteiger partial charge on any atom is -0.504 e. The molecule has 0 spiro atoms. The van der Waals surface area contributed by atoms with E-state index in [9.17, 15) is 15.0 Å². The molecule has 30 heavy (non-hydrogen) atoms. The summed E-state index contributed by atoms with van der Waals surface area (Å²) in [6, 6.07) is 9.58. The topological polar surface area (TPSA) is 94.5 Å². The Morgan fingerprint density at radius 3 is 2.47 bits per heavy atom. The number of rotatable bonds is 12. The number of hydrogen-bond donors (Lipinski definition) is 2. The molecule has 0 saturated carbocycles. The molecule has 2 N–H and O–H groups in total. The fourth-order valence-corrected chi connectivity index (χ4v) is 2.75. The first-order chi connectivity index (χ1) is 14.5. The number of carbonyl (C=O) groups is 1. The molecular weight excluding hydrogens is 388 g/mol. The normalized spacial score (nSPS) is 13.1. The molecular formula is C23H28O7. The molecule has 0 aromatic heterocycles. The van der Waals surface area contributed by atoms with Gasteiger partial charge in [-0.05, 0) is 41.8 Å². The second kappa shape index (κ2) is 11.8. The molecule has 0 saturated heterocycles. The largest absolute Gasteiger partial charge is 0.504 e. The van der Waals surface area contributed by atoms with Gasteiger partial charge in [-0.25, -0.2) is 0 Å². The van der Waals surface area contributed by atoms with Crippen molar-refractivity contribution >= 4 is 12.4 Å². The SMILES string of the molecule is CCCOCC=Cc1ccc(OC(C=O)C(O)c2ccc(O)c(OC)c2)c(OC)c1. The van der Waals surface area contributed by atoms with Crippen LogP contribution in [0.5, 0.6) is 23.0 Å². The number of aldehydes is 1. The number of phenols is 1. The Balaban J connectivity index is 2.15. The predicted molar refractivity (Wildman–Crippen MR) is 113 cm³/mol. The Morgan fingerprint density at radius 1 is 1.03 bits per heavy atom. The highest BCUT2D eigenvalue weighted by Crippen LogP contribution is 2.33. The maximum atomic E-state index is 11.6. The molecule has 0 heterocycles. The summed E-state index contributed by atoms with van der Waals surface area (Å²) in [4.78, 5) is 11.6. The second-order valence-corrected chi connectivity index (χ2v) is 6.48. The van der Waals surface area contributed by atoms with Crippen molar-refractivity contribution in [3.63, 3.8) is 0 Å². The Labute approximate surface area is 176 Å². The zero-order valence-corrected chi connectivity index (χ0v) is 17.4. The monoisotopic (exact) mass is 416 g/mol. The summed E-state index contributed by atoms with van der Waals surface area (Å²) in [6.07, 6.45) is 2.84. The van der Waals surface area contributed by atoms with Gasteiger partial charge in [-0.1, -0.05) is 31.2 Å². The van der Waals surface area contributed by atoms with Gasteiger partial charge in [0.15, 0.2) is 35.4 Å². The van der Waals surface area contributed by atoms with E-state index < -0.39 is 12.2 Å². The van der Waals surface area contributed by atoms with Crippen LogP contribution in [0.2, 0.25) is 0 Å². The van der Waals surface area contributed by atoms with E-state index in [2.05, 4.69) is 6.92 Å². The smallest absolute Gasteiger partial charge is 0.184 e. The molecule has 0 aliphatic heterocycles. The molecule has 2 rings (SSSR count). The van der Waals surface area contributed by atoms with Crippen molar-refractivity contribution in [2.75, 3.05) is 27.4 Å². The van der Waals surface area contributed by atoms with E-state index in [1.165, 1.54) is 32.4 Å². The number of aliphatic hydroxyl groups is 1. The van der Waals surface area contributed by atoms with Crippen LogP contribution in [-0.4, -0.2) is 50.0 Å². The minimum absolute atomic E-state index is 0.0672. The molecule has 0 fully saturated rings. The fourth-order valence-electron chi connectivity index (χ4n) is 2.75. The van der Waals surface area contributed by atoms with Crippen LogP contribution in [0, 0.1) is 0 Å². The molecule has 2 atom stereocenters. The lowest BCUT2D eigenvalue weighted by Gasteiger charge is -2.21. The summed E-state index contributed by atoms with van der Waals surface area (Å²) in [5.74, 6) is 0.864. The maximum Gasteiger partial charge on any atom is 0.184 e. The van der Waals surface area contributed by atoms with Crippen molar-refractivity contribution in [2.45, 2.75) is 25.6 Å². The third-order valence-corrected chi connectivity index (χ3v) is 4.31. The predicted octanol–water partition coefficient (Wildman–Crippen LogP) is 3.53. The van der Waals surface area contributed by atoms with Crippen LogP contribution in [-0.2, 0) is 9.53 Å². The van der Waals surface area contributed by atoms with Gasteiger partial charge in [-0.3, -0.25) is 4.79 Å². The summed E-state index contributed by atoms with van der Waals surface area (Å²) in [6.45, 7) is 3.28. The lowest BCUT2D eigenvalue weighted by molar-refractivity contribution is -0.118. The minimum atomic E-state index is -1.27. The van der Waals surface area contributed by atoms with Gasteiger partial charge in [0.25, 0.3) is 0 Å². The van der Waals surface area contributed by atoms with Gasteiger partial charge in [0.05, 0.1) is 20.8 Å². The van der Waals surface area contributed by atoms with Crippen LogP contribution in [0.25, 0.3) is 6.08 Å². The third-order valence-electron chi connectivity index (χ3n) is 4.31. The quantitative estimate of drug-likeness (QED) is 0.404. The molecule has 2 aromatic rings. The molecule has 0 aliphatic rings. The van der Waals surface area contributed by atoms with Gasteiger partial charge < -0.3 is 29.2 Å². The molecule has 0 aliphatic carbocycles. The first kappa shape index (κ1) is 23.3. The standard InChI is InChI=1S/C23H28O7/c1-4-11-29-12-5-6-16-7-10-19(21(13-16)28-3)30-22(15-24)23(26)17-8-9-18(25)20(14-17)27-2/h5-10,13-15,22-23,25-26H,4,11-12H2,1-3H3. The molecule has 162 valence electrons. The van der Waals surface area contributed by atoms with Gasteiger partial charge >= 0.3 is 0 Å². The van der Waals surface area contributed by atoms with Gasteiger partial charge in [0, 0.05) is 6.61 Å². The summed E-state index contributed by atoms with van der Waals surface area (Å²) in [7, 11) is 2.90. The highest BCUT2D eigenvalue weighted by molar-refractivity contribution is 5.61. The third kappa shape index (κ3) is 6.23. The molecule has 2 aromatic carbocycles.